The molecule has 11 heavy (non-hydrogen) atoms. The molecule has 0 spiro atoms. The van der Waals surface area contributed by atoms with Gasteiger partial charge in [-0.1, -0.05) is 5.92 Å². The molecule has 0 aliphatic rings. The van der Waals surface area contributed by atoms with Crippen molar-refractivity contribution in [2.24, 2.45) is 5.84 Å². The number of rotatable bonds is 2. The molecule has 0 aliphatic heterocycles. The zero-order valence-electron chi connectivity index (χ0n) is 5.78. The van der Waals surface area contributed by atoms with Gasteiger partial charge in [0.05, 0.1) is 6.54 Å². The molecule has 0 unspecified atom stereocenters. The van der Waals surface area contributed by atoms with Gasteiger partial charge in [0.2, 0.25) is 5.95 Å². The minimum Gasteiger partial charge on any atom is -0.368 e. The number of hydrazine groups is 1. The molecule has 0 aliphatic carbocycles. The average Bonchev–Trinajstić information content (AvgIpc) is 2.36. The maximum atomic E-state index is 5.41. The quantitative estimate of drug-likeness (QED) is 0.278. The third-order valence-corrected chi connectivity index (χ3v) is 1.01. The first-order valence-corrected chi connectivity index (χ1v) is 2.87. The number of aromatic nitrogens is 3. The number of hydrogen-bond acceptors (Lipinski definition) is 5. The van der Waals surface area contributed by atoms with E-state index >= 15 is 0 Å². The highest BCUT2D eigenvalue weighted by molar-refractivity contribution is 5.33. The van der Waals surface area contributed by atoms with Gasteiger partial charge in [-0.2, -0.15) is 4.98 Å². The minimum absolute atomic E-state index is 0.215. The van der Waals surface area contributed by atoms with E-state index in [9.17, 15) is 0 Å². The summed E-state index contributed by atoms with van der Waals surface area (Å²) in [6.07, 6.45) is 5.00. The number of nitrogen functional groups attached to an aromatic ring is 1. The van der Waals surface area contributed by atoms with Gasteiger partial charge in [0.25, 0.3) is 5.95 Å². The average molecular weight is 152 g/mol. The van der Waals surface area contributed by atoms with Crippen LogP contribution in [0.3, 0.4) is 0 Å². The van der Waals surface area contributed by atoms with E-state index in [1.807, 2.05) is 0 Å². The molecular formula is C5H8N6. The van der Waals surface area contributed by atoms with Gasteiger partial charge >= 0.3 is 0 Å². The molecule has 0 radical (unpaired) electrons. The third-order valence-electron chi connectivity index (χ3n) is 1.01. The van der Waals surface area contributed by atoms with Gasteiger partial charge in [-0.3, -0.25) is 5.01 Å². The topological polar surface area (TPSA) is 96.8 Å². The predicted octanol–water partition coefficient (Wildman–Crippen LogP) is -1.30. The Kier molecular flexibility index (Phi) is 1.94. The number of nitrogens with zero attached hydrogens (tertiary/aromatic N) is 3. The Morgan fingerprint density at radius 3 is 2.91 bits per heavy atom. The lowest BCUT2D eigenvalue weighted by Gasteiger charge is -2.08. The zero-order valence-corrected chi connectivity index (χ0v) is 5.78. The molecule has 0 atom stereocenters. The first-order valence-electron chi connectivity index (χ1n) is 2.87. The highest BCUT2D eigenvalue weighted by atomic mass is 15.5. The van der Waals surface area contributed by atoms with Crippen LogP contribution in [0.1, 0.15) is 0 Å². The van der Waals surface area contributed by atoms with Gasteiger partial charge in [-0.15, -0.1) is 11.5 Å². The summed E-state index contributed by atoms with van der Waals surface area (Å²) in [7, 11) is 0. The Labute approximate surface area is 63.6 Å². The van der Waals surface area contributed by atoms with Gasteiger partial charge in [0.1, 0.15) is 0 Å². The third kappa shape index (κ3) is 1.59. The molecule has 5 N–H and O–H groups in total. The van der Waals surface area contributed by atoms with Gasteiger partial charge < -0.3 is 5.73 Å². The predicted molar refractivity (Wildman–Crippen MR) is 41.2 cm³/mol. The van der Waals surface area contributed by atoms with Crippen LogP contribution in [0.4, 0.5) is 11.9 Å². The summed E-state index contributed by atoms with van der Waals surface area (Å²) >= 11 is 0. The maximum Gasteiger partial charge on any atom is 0.261 e. The van der Waals surface area contributed by atoms with Crippen molar-refractivity contribution < 1.29 is 0 Å². The monoisotopic (exact) mass is 152 g/mol. The van der Waals surface area contributed by atoms with Crippen LogP contribution in [0.5, 0.6) is 0 Å². The summed E-state index contributed by atoms with van der Waals surface area (Å²) in [5.41, 5.74) is 5.25. The zero-order chi connectivity index (χ0) is 8.27. The van der Waals surface area contributed by atoms with Crippen molar-refractivity contribution in [3.05, 3.63) is 0 Å². The molecule has 1 rings (SSSR count). The van der Waals surface area contributed by atoms with E-state index in [0.29, 0.717) is 5.95 Å². The lowest BCUT2D eigenvalue weighted by molar-refractivity contribution is 0.890. The minimum atomic E-state index is 0.215. The SMILES string of the molecule is C#CCN(N)c1n[nH]c(N)n1. The second-order valence-corrected chi connectivity index (χ2v) is 1.85. The summed E-state index contributed by atoms with van der Waals surface area (Å²) in [5, 5.41) is 7.33. The van der Waals surface area contributed by atoms with E-state index in [4.69, 9.17) is 18.0 Å². The van der Waals surface area contributed by atoms with Crippen LogP contribution >= 0.6 is 0 Å². The molecule has 1 aromatic rings. The van der Waals surface area contributed by atoms with Crippen molar-refractivity contribution in [2.75, 3.05) is 17.3 Å². The number of nitrogens with one attached hydrogen (secondary N) is 1. The highest BCUT2D eigenvalue weighted by Crippen LogP contribution is 2.01. The Balaban J connectivity index is 2.70. The molecule has 1 heterocycles. The largest absolute Gasteiger partial charge is 0.368 e. The Morgan fingerprint density at radius 1 is 1.73 bits per heavy atom. The van der Waals surface area contributed by atoms with Crippen molar-refractivity contribution in [3.8, 4) is 12.3 Å². The van der Waals surface area contributed by atoms with Gasteiger partial charge in [0.15, 0.2) is 0 Å². The first kappa shape index (κ1) is 7.37. The van der Waals surface area contributed by atoms with Gasteiger partial charge in [0, 0.05) is 0 Å². The summed E-state index contributed by atoms with van der Waals surface area (Å²) < 4.78 is 0. The van der Waals surface area contributed by atoms with E-state index in [2.05, 4.69) is 21.1 Å². The molecule has 0 saturated carbocycles. The van der Waals surface area contributed by atoms with Crippen molar-refractivity contribution >= 4 is 11.9 Å². The van der Waals surface area contributed by atoms with Gasteiger partial charge in [-0.25, -0.2) is 10.9 Å². The van der Waals surface area contributed by atoms with Gasteiger partial charge in [-0.05, 0) is 0 Å². The van der Waals surface area contributed by atoms with Crippen molar-refractivity contribution in [1.29, 1.82) is 0 Å². The van der Waals surface area contributed by atoms with E-state index in [-0.39, 0.29) is 12.5 Å². The Morgan fingerprint density at radius 2 is 2.45 bits per heavy atom. The molecule has 0 saturated heterocycles. The number of terminal acetylenes is 1. The summed E-state index contributed by atoms with van der Waals surface area (Å²) in [6, 6.07) is 0. The number of hydrogen-bond donors (Lipinski definition) is 3. The Bertz CT molecular complexity index is 271. The number of aromatic amines is 1. The number of H-pyrrole nitrogens is 1. The van der Waals surface area contributed by atoms with Crippen LogP contribution in [0.15, 0.2) is 0 Å². The van der Waals surface area contributed by atoms with Crippen molar-refractivity contribution in [2.45, 2.75) is 0 Å². The number of nitrogens with two attached hydrogens (primary N) is 2. The van der Waals surface area contributed by atoms with E-state index in [1.165, 1.54) is 5.01 Å². The van der Waals surface area contributed by atoms with E-state index in [1.54, 1.807) is 0 Å². The first-order chi connectivity index (χ1) is 5.24. The summed E-state index contributed by atoms with van der Waals surface area (Å²) in [6.45, 7) is 0.247. The van der Waals surface area contributed by atoms with Crippen LogP contribution in [0.2, 0.25) is 0 Å². The fraction of sp³-hybridized carbons (Fsp3) is 0.200. The van der Waals surface area contributed by atoms with Crippen molar-refractivity contribution in [3.63, 3.8) is 0 Å². The fourth-order valence-corrected chi connectivity index (χ4v) is 0.563. The summed E-state index contributed by atoms with van der Waals surface area (Å²) in [5.74, 6) is 8.26. The molecule has 0 aromatic carbocycles. The molecule has 1 aromatic heterocycles. The Hall–Kier alpha value is -1.74. The lowest BCUT2D eigenvalue weighted by atomic mass is 10.6. The molecule has 6 heteroatoms. The van der Waals surface area contributed by atoms with E-state index < -0.39 is 0 Å². The van der Waals surface area contributed by atoms with Crippen LogP contribution in [-0.4, -0.2) is 21.7 Å². The van der Waals surface area contributed by atoms with Crippen LogP contribution in [0.25, 0.3) is 0 Å². The fourth-order valence-electron chi connectivity index (χ4n) is 0.563. The number of anilines is 2. The smallest absolute Gasteiger partial charge is 0.261 e. The highest BCUT2D eigenvalue weighted by Gasteiger charge is 2.04. The van der Waals surface area contributed by atoms with Crippen LogP contribution < -0.4 is 16.6 Å². The molecule has 0 bridgehead atoms. The van der Waals surface area contributed by atoms with E-state index in [0.717, 1.165) is 0 Å². The summed E-state index contributed by atoms with van der Waals surface area (Å²) in [4.78, 5) is 3.75. The molecule has 0 amide bonds. The molecule has 0 fully saturated rings. The maximum absolute atomic E-state index is 5.41. The van der Waals surface area contributed by atoms with Crippen LogP contribution in [0, 0.1) is 12.3 Å². The standard InChI is InChI=1S/C5H8N6/c1-2-3-11(7)5-8-4(6)9-10-5/h1H,3,7H2,(H3,6,8,9,10). The molecular weight excluding hydrogens is 144 g/mol. The second kappa shape index (κ2) is 2.90. The second-order valence-electron chi connectivity index (χ2n) is 1.85. The molecule has 58 valence electrons. The normalized spacial score (nSPS) is 9.09. The molecule has 6 nitrogen and oxygen atoms in total. The lowest BCUT2D eigenvalue weighted by Crippen LogP contribution is -2.32. The van der Waals surface area contributed by atoms with Crippen LogP contribution in [-0.2, 0) is 0 Å². The van der Waals surface area contributed by atoms with Crippen molar-refractivity contribution in [1.82, 2.24) is 15.2 Å².